The van der Waals surface area contributed by atoms with Crippen molar-refractivity contribution in [3.05, 3.63) is 77.9 Å². The summed E-state index contributed by atoms with van der Waals surface area (Å²) < 4.78 is 5.66. The molecule has 2 N–H and O–H groups in total. The Hall–Kier alpha value is -3.94. The van der Waals surface area contributed by atoms with Gasteiger partial charge in [0.25, 0.3) is 0 Å². The molecule has 0 unspecified atom stereocenters. The highest BCUT2D eigenvalue weighted by Gasteiger charge is 2.10. The number of nitrogens with zero attached hydrogens (tertiary/aromatic N) is 1. The molecule has 0 aliphatic rings. The maximum Gasteiger partial charge on any atom is 0.329 e. The number of amides is 2. The van der Waals surface area contributed by atoms with E-state index in [0.29, 0.717) is 11.3 Å². The lowest BCUT2D eigenvalue weighted by molar-refractivity contribution is -0.255. The SMILES string of the molecule is C=CCNC(=O)C(=O)N/N=C\c1cccc(OCc2ccc(C(=O)[O-])cc2)c1. The Morgan fingerprint density at radius 3 is 2.54 bits per heavy atom. The Labute approximate surface area is 161 Å². The molecule has 0 fully saturated rings. The Kier molecular flexibility index (Phi) is 7.47. The van der Waals surface area contributed by atoms with Gasteiger partial charge in [-0.1, -0.05) is 42.5 Å². The van der Waals surface area contributed by atoms with E-state index in [1.165, 1.54) is 24.4 Å². The molecular weight excluding hydrogens is 362 g/mol. The zero-order chi connectivity index (χ0) is 20.4. The second kappa shape index (κ2) is 10.3. The van der Waals surface area contributed by atoms with Gasteiger partial charge >= 0.3 is 11.8 Å². The first-order valence-electron chi connectivity index (χ1n) is 8.25. The molecule has 0 aromatic heterocycles. The van der Waals surface area contributed by atoms with Crippen molar-refractivity contribution >= 4 is 24.0 Å². The summed E-state index contributed by atoms with van der Waals surface area (Å²) in [7, 11) is 0. The van der Waals surface area contributed by atoms with Crippen molar-refractivity contribution < 1.29 is 24.2 Å². The van der Waals surface area contributed by atoms with Crippen molar-refractivity contribution in [2.45, 2.75) is 6.61 Å². The van der Waals surface area contributed by atoms with Gasteiger partial charge in [0.05, 0.1) is 12.2 Å². The first kappa shape index (κ1) is 20.4. The summed E-state index contributed by atoms with van der Waals surface area (Å²) in [6, 6.07) is 13.1. The quantitative estimate of drug-likeness (QED) is 0.297. The van der Waals surface area contributed by atoms with E-state index in [1.807, 2.05) is 0 Å². The van der Waals surface area contributed by atoms with Crippen molar-refractivity contribution in [2.24, 2.45) is 5.10 Å². The number of carboxylic acids is 1. The van der Waals surface area contributed by atoms with Gasteiger partial charge in [-0.3, -0.25) is 9.59 Å². The first-order chi connectivity index (χ1) is 13.5. The van der Waals surface area contributed by atoms with E-state index in [9.17, 15) is 19.5 Å². The molecule has 2 amide bonds. The number of aromatic carboxylic acids is 1. The van der Waals surface area contributed by atoms with Gasteiger partial charge in [0.1, 0.15) is 12.4 Å². The molecule has 0 radical (unpaired) electrons. The lowest BCUT2D eigenvalue weighted by atomic mass is 10.1. The minimum Gasteiger partial charge on any atom is -0.545 e. The predicted molar refractivity (Wildman–Crippen MR) is 100 cm³/mol. The molecule has 2 aromatic rings. The third kappa shape index (κ3) is 6.41. The van der Waals surface area contributed by atoms with Crippen LogP contribution in [0.2, 0.25) is 0 Å². The van der Waals surface area contributed by atoms with Gasteiger partial charge in [-0.15, -0.1) is 6.58 Å². The Balaban J connectivity index is 1.89. The Bertz CT molecular complexity index is 891. The van der Waals surface area contributed by atoms with E-state index in [-0.39, 0.29) is 18.7 Å². The monoisotopic (exact) mass is 380 g/mol. The number of hydrogen-bond acceptors (Lipinski definition) is 6. The summed E-state index contributed by atoms with van der Waals surface area (Å²) in [5, 5.41) is 16.8. The minimum absolute atomic E-state index is 0.0992. The largest absolute Gasteiger partial charge is 0.545 e. The summed E-state index contributed by atoms with van der Waals surface area (Å²) in [6.45, 7) is 3.86. The zero-order valence-electron chi connectivity index (χ0n) is 14.9. The predicted octanol–water partition coefficient (Wildman–Crippen LogP) is 0.381. The van der Waals surface area contributed by atoms with Gasteiger partial charge in [0, 0.05) is 6.54 Å². The lowest BCUT2D eigenvalue weighted by Gasteiger charge is -2.08. The number of carboxylic acid groups (broad SMARTS) is 1. The van der Waals surface area contributed by atoms with Crippen LogP contribution in [0.5, 0.6) is 5.75 Å². The molecule has 8 heteroatoms. The van der Waals surface area contributed by atoms with Gasteiger partial charge in [0.15, 0.2) is 0 Å². The second-order valence-corrected chi connectivity index (χ2v) is 5.54. The fourth-order valence-electron chi connectivity index (χ4n) is 2.05. The highest BCUT2D eigenvalue weighted by atomic mass is 16.5. The van der Waals surface area contributed by atoms with Crippen LogP contribution in [0, 0.1) is 0 Å². The summed E-state index contributed by atoms with van der Waals surface area (Å²) in [4.78, 5) is 33.6. The lowest BCUT2D eigenvalue weighted by Crippen LogP contribution is -2.37. The van der Waals surface area contributed by atoms with Gasteiger partial charge in [-0.2, -0.15) is 5.10 Å². The van der Waals surface area contributed by atoms with Crippen molar-refractivity contribution in [2.75, 3.05) is 6.54 Å². The molecule has 8 nitrogen and oxygen atoms in total. The van der Waals surface area contributed by atoms with E-state index < -0.39 is 17.8 Å². The summed E-state index contributed by atoms with van der Waals surface area (Å²) in [5.41, 5.74) is 3.66. The van der Waals surface area contributed by atoms with Crippen LogP contribution in [0.25, 0.3) is 0 Å². The van der Waals surface area contributed by atoms with Crippen LogP contribution in [-0.4, -0.2) is 30.5 Å². The molecule has 0 saturated heterocycles. The van der Waals surface area contributed by atoms with Crippen LogP contribution in [0.1, 0.15) is 21.5 Å². The second-order valence-electron chi connectivity index (χ2n) is 5.54. The van der Waals surface area contributed by atoms with Gasteiger partial charge in [-0.25, -0.2) is 5.43 Å². The van der Waals surface area contributed by atoms with Gasteiger partial charge < -0.3 is 20.0 Å². The molecular formula is C20H18N3O5-. The third-order valence-corrected chi connectivity index (χ3v) is 3.45. The maximum absolute atomic E-state index is 11.5. The molecule has 0 spiro atoms. The molecule has 0 bridgehead atoms. The number of carbonyl (C=O) groups is 3. The fourth-order valence-corrected chi connectivity index (χ4v) is 2.05. The summed E-state index contributed by atoms with van der Waals surface area (Å²) in [5.74, 6) is -2.36. The van der Waals surface area contributed by atoms with Crippen molar-refractivity contribution in [1.29, 1.82) is 0 Å². The number of benzene rings is 2. The molecule has 0 aliphatic heterocycles. The molecule has 2 aromatic carbocycles. The smallest absolute Gasteiger partial charge is 0.329 e. The highest BCUT2D eigenvalue weighted by Crippen LogP contribution is 2.14. The third-order valence-electron chi connectivity index (χ3n) is 3.45. The zero-order valence-corrected chi connectivity index (χ0v) is 14.9. The van der Waals surface area contributed by atoms with Crippen LogP contribution in [-0.2, 0) is 16.2 Å². The molecule has 0 aliphatic carbocycles. The van der Waals surface area contributed by atoms with E-state index in [4.69, 9.17) is 4.74 Å². The average molecular weight is 380 g/mol. The van der Waals surface area contributed by atoms with Crippen LogP contribution in [0.15, 0.2) is 66.3 Å². The van der Waals surface area contributed by atoms with Crippen molar-refractivity contribution in [3.8, 4) is 5.75 Å². The van der Waals surface area contributed by atoms with E-state index >= 15 is 0 Å². The van der Waals surface area contributed by atoms with E-state index in [0.717, 1.165) is 5.56 Å². The van der Waals surface area contributed by atoms with Crippen LogP contribution in [0.4, 0.5) is 0 Å². The average Bonchev–Trinajstić information content (AvgIpc) is 2.71. The van der Waals surface area contributed by atoms with Crippen LogP contribution >= 0.6 is 0 Å². The van der Waals surface area contributed by atoms with E-state index in [1.54, 1.807) is 36.4 Å². The molecule has 0 saturated carbocycles. The highest BCUT2D eigenvalue weighted by molar-refractivity contribution is 6.35. The Morgan fingerprint density at radius 2 is 1.86 bits per heavy atom. The van der Waals surface area contributed by atoms with Crippen LogP contribution < -0.4 is 20.6 Å². The van der Waals surface area contributed by atoms with E-state index in [2.05, 4.69) is 22.4 Å². The van der Waals surface area contributed by atoms with Gasteiger partial charge in [0.2, 0.25) is 0 Å². The number of ether oxygens (including phenoxy) is 1. The fraction of sp³-hybridized carbons (Fsp3) is 0.100. The maximum atomic E-state index is 11.5. The number of carbonyl (C=O) groups excluding carboxylic acids is 3. The number of nitrogens with one attached hydrogen (secondary N) is 2. The summed E-state index contributed by atoms with van der Waals surface area (Å²) in [6.07, 6.45) is 2.83. The van der Waals surface area contributed by atoms with Crippen molar-refractivity contribution in [1.82, 2.24) is 10.7 Å². The van der Waals surface area contributed by atoms with Crippen molar-refractivity contribution in [3.63, 3.8) is 0 Å². The first-order valence-corrected chi connectivity index (χ1v) is 8.25. The topological polar surface area (TPSA) is 120 Å². The number of hydrogen-bond donors (Lipinski definition) is 2. The van der Waals surface area contributed by atoms with Gasteiger partial charge in [-0.05, 0) is 28.8 Å². The molecule has 144 valence electrons. The molecule has 2 rings (SSSR count). The summed E-state index contributed by atoms with van der Waals surface area (Å²) >= 11 is 0. The molecule has 0 heterocycles. The molecule has 0 atom stereocenters. The number of rotatable bonds is 8. The normalized spacial score (nSPS) is 10.3. The number of hydrazone groups is 1. The standard InChI is InChI=1S/C20H19N3O5/c1-2-10-21-18(24)19(25)23-22-12-15-4-3-5-17(11-15)28-13-14-6-8-16(9-7-14)20(26)27/h2-9,11-12H,1,10,13H2,(H,21,24)(H,23,25)(H,26,27)/p-1/b22-12-. The Morgan fingerprint density at radius 1 is 1.11 bits per heavy atom. The molecule has 28 heavy (non-hydrogen) atoms. The minimum atomic E-state index is -1.23. The van der Waals surface area contributed by atoms with Crippen LogP contribution in [0.3, 0.4) is 0 Å².